The van der Waals surface area contributed by atoms with Gasteiger partial charge in [-0.3, -0.25) is 0 Å². The Hall–Kier alpha value is -0.900. The van der Waals surface area contributed by atoms with Crippen LogP contribution >= 0.6 is 0 Å². The van der Waals surface area contributed by atoms with Crippen molar-refractivity contribution in [1.29, 1.82) is 0 Å². The van der Waals surface area contributed by atoms with Crippen LogP contribution in [0.5, 0.6) is 0 Å². The Morgan fingerprint density at radius 3 is 2.68 bits per heavy atom. The lowest BCUT2D eigenvalue weighted by molar-refractivity contribution is 0.0651. The van der Waals surface area contributed by atoms with Gasteiger partial charge >= 0.3 is 0 Å². The van der Waals surface area contributed by atoms with E-state index >= 15 is 0 Å². The van der Waals surface area contributed by atoms with Crippen LogP contribution in [0.15, 0.2) is 30.3 Å². The number of hydrogen-bond donors (Lipinski definition) is 1. The third-order valence-electron chi connectivity index (χ3n) is 3.96. The highest BCUT2D eigenvalue weighted by Gasteiger charge is 2.42. The second-order valence-corrected chi connectivity index (χ2v) is 5.21. The number of benzene rings is 1. The molecule has 1 fully saturated rings. The minimum absolute atomic E-state index is 0.563. The molecule has 106 valence electrons. The lowest BCUT2D eigenvalue weighted by Gasteiger charge is -2.16. The predicted molar refractivity (Wildman–Crippen MR) is 77.4 cm³/mol. The van der Waals surface area contributed by atoms with Crippen LogP contribution in [0.2, 0.25) is 0 Å². The zero-order chi connectivity index (χ0) is 13.5. The van der Waals surface area contributed by atoms with Crippen LogP contribution < -0.4 is 5.32 Å². The van der Waals surface area contributed by atoms with E-state index in [0.29, 0.717) is 19.3 Å². The molecule has 1 N–H and O–H groups in total. The van der Waals surface area contributed by atoms with E-state index < -0.39 is 0 Å². The lowest BCUT2D eigenvalue weighted by atomic mass is 10.0. The van der Waals surface area contributed by atoms with E-state index in [1.807, 2.05) is 0 Å². The van der Waals surface area contributed by atoms with E-state index in [-0.39, 0.29) is 0 Å². The van der Waals surface area contributed by atoms with Crippen molar-refractivity contribution in [3.63, 3.8) is 0 Å². The maximum absolute atomic E-state index is 5.56. The zero-order valence-electron chi connectivity index (χ0n) is 12.0. The summed E-state index contributed by atoms with van der Waals surface area (Å²) in [4.78, 5) is 0. The maximum atomic E-state index is 5.56. The van der Waals surface area contributed by atoms with Gasteiger partial charge in [0.1, 0.15) is 0 Å². The van der Waals surface area contributed by atoms with Crippen molar-refractivity contribution in [2.24, 2.45) is 5.92 Å². The fraction of sp³-hybridized carbons (Fsp3) is 0.625. The first-order valence-electron chi connectivity index (χ1n) is 7.15. The molecule has 0 aromatic heterocycles. The molecule has 1 aromatic carbocycles. The molecule has 1 aromatic rings. The molecule has 0 spiro atoms. The molecule has 3 nitrogen and oxygen atoms in total. The smallest absolute Gasteiger partial charge is 0.0700 e. The van der Waals surface area contributed by atoms with E-state index in [9.17, 15) is 0 Å². The molecule has 1 aliphatic rings. The third kappa shape index (κ3) is 4.30. The highest BCUT2D eigenvalue weighted by atomic mass is 16.5. The highest BCUT2D eigenvalue weighted by molar-refractivity contribution is 5.26. The van der Waals surface area contributed by atoms with Gasteiger partial charge in [0.2, 0.25) is 0 Å². The minimum atomic E-state index is 0.563. The van der Waals surface area contributed by atoms with Crippen LogP contribution in [0.3, 0.4) is 0 Å². The molecule has 0 amide bonds. The summed E-state index contributed by atoms with van der Waals surface area (Å²) < 4.78 is 10.5. The molecular formula is C16H25NO2. The zero-order valence-corrected chi connectivity index (χ0v) is 12.0. The van der Waals surface area contributed by atoms with Crippen molar-refractivity contribution in [2.45, 2.75) is 24.8 Å². The van der Waals surface area contributed by atoms with Crippen LogP contribution in [0.25, 0.3) is 0 Å². The molecule has 0 saturated heterocycles. The molecule has 0 heterocycles. The summed E-state index contributed by atoms with van der Waals surface area (Å²) in [6.45, 7) is 2.19. The normalized spacial score (nSPS) is 23.3. The van der Waals surface area contributed by atoms with Crippen molar-refractivity contribution in [3.8, 4) is 0 Å². The standard InChI is InChI=1S/C16H25NO2/c1-17-16(8-9-19-11-10-18-2)15-12-14(15)13-6-4-3-5-7-13/h3-7,14-17H,8-12H2,1-2H3. The molecule has 3 atom stereocenters. The van der Waals surface area contributed by atoms with E-state index in [0.717, 1.165) is 24.9 Å². The Labute approximate surface area is 116 Å². The van der Waals surface area contributed by atoms with Gasteiger partial charge in [-0.15, -0.1) is 0 Å². The molecule has 19 heavy (non-hydrogen) atoms. The van der Waals surface area contributed by atoms with Crippen molar-refractivity contribution in [1.82, 2.24) is 5.32 Å². The summed E-state index contributed by atoms with van der Waals surface area (Å²) >= 11 is 0. The Kier molecular flexibility index (Phi) is 5.83. The summed E-state index contributed by atoms with van der Waals surface area (Å²) in [5.41, 5.74) is 1.48. The van der Waals surface area contributed by atoms with E-state index in [4.69, 9.17) is 9.47 Å². The van der Waals surface area contributed by atoms with Crippen LogP contribution in [-0.4, -0.2) is 40.0 Å². The number of rotatable bonds is 9. The summed E-state index contributed by atoms with van der Waals surface area (Å²) in [6, 6.07) is 11.4. The quantitative estimate of drug-likeness (QED) is 0.694. The highest BCUT2D eigenvalue weighted by Crippen LogP contribution is 2.49. The van der Waals surface area contributed by atoms with Gasteiger partial charge in [0, 0.05) is 19.8 Å². The van der Waals surface area contributed by atoms with E-state index in [1.165, 1.54) is 12.0 Å². The van der Waals surface area contributed by atoms with Crippen LogP contribution in [-0.2, 0) is 9.47 Å². The van der Waals surface area contributed by atoms with Crippen molar-refractivity contribution in [3.05, 3.63) is 35.9 Å². The van der Waals surface area contributed by atoms with Crippen LogP contribution in [0.1, 0.15) is 24.3 Å². The Balaban J connectivity index is 1.72. The van der Waals surface area contributed by atoms with Gasteiger partial charge < -0.3 is 14.8 Å². The molecule has 0 radical (unpaired) electrons. The average molecular weight is 263 g/mol. The largest absolute Gasteiger partial charge is 0.382 e. The van der Waals surface area contributed by atoms with Gasteiger partial charge in [-0.1, -0.05) is 30.3 Å². The lowest BCUT2D eigenvalue weighted by Crippen LogP contribution is -2.29. The first-order chi connectivity index (χ1) is 9.36. The fourth-order valence-electron chi connectivity index (χ4n) is 2.77. The number of hydrogen-bond acceptors (Lipinski definition) is 3. The van der Waals surface area contributed by atoms with Crippen LogP contribution in [0, 0.1) is 5.92 Å². The minimum Gasteiger partial charge on any atom is -0.382 e. The number of ether oxygens (including phenoxy) is 2. The van der Waals surface area contributed by atoms with Gasteiger partial charge in [-0.25, -0.2) is 0 Å². The van der Waals surface area contributed by atoms with Crippen molar-refractivity contribution < 1.29 is 9.47 Å². The van der Waals surface area contributed by atoms with Gasteiger partial charge in [0.05, 0.1) is 13.2 Å². The van der Waals surface area contributed by atoms with Crippen molar-refractivity contribution >= 4 is 0 Å². The van der Waals surface area contributed by atoms with Crippen LogP contribution in [0.4, 0.5) is 0 Å². The topological polar surface area (TPSA) is 30.5 Å². The van der Waals surface area contributed by atoms with Gasteiger partial charge in [0.15, 0.2) is 0 Å². The monoisotopic (exact) mass is 263 g/mol. The number of nitrogens with one attached hydrogen (secondary N) is 1. The van der Waals surface area contributed by atoms with Gasteiger partial charge in [-0.05, 0) is 37.3 Å². The SMILES string of the molecule is CNC(CCOCCOC)C1CC1c1ccccc1. The molecular weight excluding hydrogens is 238 g/mol. The summed E-state index contributed by atoms with van der Waals surface area (Å²) in [6.07, 6.45) is 2.38. The van der Waals surface area contributed by atoms with Gasteiger partial charge in [0.25, 0.3) is 0 Å². The summed E-state index contributed by atoms with van der Waals surface area (Å²) in [7, 11) is 3.76. The van der Waals surface area contributed by atoms with Gasteiger partial charge in [-0.2, -0.15) is 0 Å². The second kappa shape index (κ2) is 7.63. The molecule has 1 aliphatic carbocycles. The Morgan fingerprint density at radius 1 is 1.21 bits per heavy atom. The predicted octanol–water partition coefficient (Wildman–Crippen LogP) is 2.43. The number of methoxy groups -OCH3 is 1. The first-order valence-corrected chi connectivity index (χ1v) is 7.15. The van der Waals surface area contributed by atoms with E-state index in [2.05, 4.69) is 42.7 Å². The fourth-order valence-corrected chi connectivity index (χ4v) is 2.77. The molecule has 1 saturated carbocycles. The third-order valence-corrected chi connectivity index (χ3v) is 3.96. The molecule has 3 unspecified atom stereocenters. The molecule has 3 heteroatoms. The maximum Gasteiger partial charge on any atom is 0.0700 e. The summed E-state index contributed by atoms with van der Waals surface area (Å²) in [5, 5.41) is 3.44. The first kappa shape index (κ1) is 14.5. The second-order valence-electron chi connectivity index (χ2n) is 5.21. The Morgan fingerprint density at radius 2 is 2.00 bits per heavy atom. The van der Waals surface area contributed by atoms with Crippen molar-refractivity contribution in [2.75, 3.05) is 34.0 Å². The molecule has 0 bridgehead atoms. The van der Waals surface area contributed by atoms with E-state index in [1.54, 1.807) is 7.11 Å². The average Bonchev–Trinajstić information content (AvgIpc) is 3.24. The Bertz CT molecular complexity index is 355. The summed E-state index contributed by atoms with van der Waals surface area (Å²) in [5.74, 6) is 1.50. The molecule has 0 aliphatic heterocycles. The molecule has 2 rings (SSSR count).